The molecule has 3 heteroatoms. The second-order valence-electron chi connectivity index (χ2n) is 5.93. The van der Waals surface area contributed by atoms with Crippen molar-refractivity contribution in [3.63, 3.8) is 0 Å². The molecule has 0 fully saturated rings. The van der Waals surface area contributed by atoms with Gasteiger partial charge in [-0.3, -0.25) is 4.98 Å². The van der Waals surface area contributed by atoms with Crippen LogP contribution in [0.1, 0.15) is 0 Å². The van der Waals surface area contributed by atoms with E-state index in [9.17, 15) is 0 Å². The molecule has 0 spiro atoms. The summed E-state index contributed by atoms with van der Waals surface area (Å²) in [5, 5.41) is 2.17. The van der Waals surface area contributed by atoms with Crippen LogP contribution in [0.2, 0.25) is 0 Å². The Balaban J connectivity index is 1.79. The van der Waals surface area contributed by atoms with Crippen molar-refractivity contribution in [2.24, 2.45) is 0 Å². The molecule has 0 saturated heterocycles. The molecular weight excluding hydrogens is 308 g/mol. The topological polar surface area (TPSA) is 38.9 Å². The second kappa shape index (κ2) is 5.56. The zero-order valence-corrected chi connectivity index (χ0v) is 13.4. The quantitative estimate of drug-likeness (QED) is 0.418. The van der Waals surface area contributed by atoms with Crippen molar-refractivity contribution in [3.05, 3.63) is 85.3 Å². The van der Waals surface area contributed by atoms with Crippen LogP contribution < -0.4 is 0 Å². The molecule has 0 atom stereocenters. The number of furan rings is 1. The van der Waals surface area contributed by atoms with Crippen LogP contribution in [0.25, 0.3) is 44.4 Å². The Morgan fingerprint density at radius 1 is 0.680 bits per heavy atom. The lowest BCUT2D eigenvalue weighted by atomic mass is 10.0. The van der Waals surface area contributed by atoms with Gasteiger partial charge in [0.2, 0.25) is 0 Å². The van der Waals surface area contributed by atoms with Crippen LogP contribution in [-0.4, -0.2) is 9.97 Å². The van der Waals surface area contributed by atoms with Crippen molar-refractivity contribution >= 4 is 21.9 Å². The predicted molar refractivity (Wildman–Crippen MR) is 100 cm³/mol. The van der Waals surface area contributed by atoms with Gasteiger partial charge >= 0.3 is 0 Å². The van der Waals surface area contributed by atoms with Crippen molar-refractivity contribution in [2.75, 3.05) is 0 Å². The van der Waals surface area contributed by atoms with Gasteiger partial charge in [0.05, 0.1) is 16.9 Å². The normalized spacial score (nSPS) is 11.2. The maximum Gasteiger partial charge on any atom is 0.135 e. The number of aromatic nitrogens is 2. The molecule has 0 saturated carbocycles. The fourth-order valence-electron chi connectivity index (χ4n) is 3.23. The molecule has 5 aromatic rings. The number of hydrogen-bond acceptors (Lipinski definition) is 3. The fraction of sp³-hybridized carbons (Fsp3) is 0. The molecule has 0 N–H and O–H groups in total. The third-order valence-corrected chi connectivity index (χ3v) is 4.41. The minimum Gasteiger partial charge on any atom is -0.464 e. The van der Waals surface area contributed by atoms with Crippen LogP contribution in [0.4, 0.5) is 0 Å². The zero-order chi connectivity index (χ0) is 16.6. The van der Waals surface area contributed by atoms with E-state index in [-0.39, 0.29) is 0 Å². The van der Waals surface area contributed by atoms with E-state index in [2.05, 4.69) is 23.2 Å². The number of fused-ring (bicyclic) bond motifs is 2. The number of hydrogen-bond donors (Lipinski definition) is 0. The molecule has 0 aliphatic rings. The van der Waals surface area contributed by atoms with E-state index in [4.69, 9.17) is 9.40 Å². The molecule has 2 aromatic carbocycles. The van der Waals surface area contributed by atoms with Crippen molar-refractivity contribution in [2.45, 2.75) is 0 Å². The fourth-order valence-corrected chi connectivity index (χ4v) is 3.23. The molecule has 118 valence electrons. The van der Waals surface area contributed by atoms with Gasteiger partial charge in [-0.2, -0.15) is 0 Å². The molecule has 25 heavy (non-hydrogen) atoms. The maximum absolute atomic E-state index is 5.81. The van der Waals surface area contributed by atoms with Gasteiger partial charge in [-0.1, -0.05) is 42.5 Å². The molecule has 0 radical (unpaired) electrons. The highest BCUT2D eigenvalue weighted by Gasteiger charge is 2.15. The summed E-state index contributed by atoms with van der Waals surface area (Å²) in [6.07, 6.45) is 3.59. The Bertz CT molecular complexity index is 1190. The van der Waals surface area contributed by atoms with Gasteiger partial charge < -0.3 is 4.42 Å². The summed E-state index contributed by atoms with van der Waals surface area (Å²) < 4.78 is 5.81. The van der Waals surface area contributed by atoms with Crippen molar-refractivity contribution in [1.82, 2.24) is 9.97 Å². The first-order chi connectivity index (χ1) is 12.4. The average Bonchev–Trinajstić information content (AvgIpc) is 3.12. The molecule has 0 aliphatic heterocycles. The molecule has 3 nitrogen and oxygen atoms in total. The number of rotatable bonds is 2. The molecule has 0 amide bonds. The van der Waals surface area contributed by atoms with Crippen molar-refractivity contribution in [3.8, 4) is 22.5 Å². The Morgan fingerprint density at radius 3 is 2.52 bits per heavy atom. The van der Waals surface area contributed by atoms with Crippen LogP contribution in [0.3, 0.4) is 0 Å². The van der Waals surface area contributed by atoms with Crippen LogP contribution in [0, 0.1) is 0 Å². The number of nitrogens with zero attached hydrogens (tertiary/aromatic N) is 2. The summed E-state index contributed by atoms with van der Waals surface area (Å²) in [6, 6.07) is 24.2. The minimum atomic E-state index is 0.841. The number of pyridine rings is 2. The monoisotopic (exact) mass is 322 g/mol. The lowest BCUT2D eigenvalue weighted by molar-refractivity contribution is 0.617. The summed E-state index contributed by atoms with van der Waals surface area (Å²) in [5.41, 5.74) is 5.69. The van der Waals surface area contributed by atoms with Gasteiger partial charge in [0.25, 0.3) is 0 Å². The van der Waals surface area contributed by atoms with Gasteiger partial charge in [-0.25, -0.2) is 4.98 Å². The first-order valence-electron chi connectivity index (χ1n) is 8.18. The summed E-state index contributed by atoms with van der Waals surface area (Å²) in [4.78, 5) is 9.32. The molecule has 5 rings (SSSR count). The van der Waals surface area contributed by atoms with Crippen LogP contribution >= 0.6 is 0 Å². The van der Waals surface area contributed by atoms with E-state index in [1.165, 1.54) is 0 Å². The van der Waals surface area contributed by atoms with Crippen molar-refractivity contribution < 1.29 is 4.42 Å². The van der Waals surface area contributed by atoms with E-state index in [1.807, 2.05) is 60.8 Å². The van der Waals surface area contributed by atoms with E-state index in [1.54, 1.807) is 6.26 Å². The van der Waals surface area contributed by atoms with Crippen LogP contribution in [0.15, 0.2) is 89.7 Å². The van der Waals surface area contributed by atoms with Gasteiger partial charge in [-0.15, -0.1) is 0 Å². The molecule has 0 unspecified atom stereocenters. The first kappa shape index (κ1) is 13.9. The van der Waals surface area contributed by atoms with E-state index in [0.29, 0.717) is 0 Å². The molecular formula is C22H14N2O. The second-order valence-corrected chi connectivity index (χ2v) is 5.93. The predicted octanol–water partition coefficient (Wildman–Crippen LogP) is 5.71. The van der Waals surface area contributed by atoms with Crippen LogP contribution in [0.5, 0.6) is 0 Å². The number of para-hydroxylation sites is 1. The summed E-state index contributed by atoms with van der Waals surface area (Å²) in [7, 11) is 0. The van der Waals surface area contributed by atoms with E-state index < -0.39 is 0 Å². The summed E-state index contributed by atoms with van der Waals surface area (Å²) in [6.45, 7) is 0. The lowest BCUT2D eigenvalue weighted by Crippen LogP contribution is -1.87. The van der Waals surface area contributed by atoms with Gasteiger partial charge in [0.15, 0.2) is 0 Å². The van der Waals surface area contributed by atoms with Crippen molar-refractivity contribution in [1.29, 1.82) is 0 Å². The molecule has 0 aliphatic carbocycles. The molecule has 0 bridgehead atoms. The zero-order valence-electron chi connectivity index (χ0n) is 13.4. The highest BCUT2D eigenvalue weighted by molar-refractivity contribution is 6.03. The van der Waals surface area contributed by atoms with Gasteiger partial charge in [0.1, 0.15) is 11.8 Å². The minimum absolute atomic E-state index is 0.841. The van der Waals surface area contributed by atoms with E-state index in [0.717, 1.165) is 44.4 Å². The maximum atomic E-state index is 5.81. The Kier molecular flexibility index (Phi) is 3.10. The Labute approximate surface area is 144 Å². The van der Waals surface area contributed by atoms with Crippen LogP contribution in [-0.2, 0) is 0 Å². The molecule has 3 heterocycles. The first-order valence-corrected chi connectivity index (χ1v) is 8.18. The SMILES string of the molecule is c1ccc(-c2cccc3occ(-c4ccc5ccccc5n4)c23)nc1. The average molecular weight is 322 g/mol. The summed E-state index contributed by atoms with van der Waals surface area (Å²) in [5.74, 6) is 0. The Hall–Kier alpha value is -3.46. The van der Waals surface area contributed by atoms with Gasteiger partial charge in [0, 0.05) is 28.1 Å². The van der Waals surface area contributed by atoms with Gasteiger partial charge in [-0.05, 0) is 30.3 Å². The summed E-state index contributed by atoms with van der Waals surface area (Å²) >= 11 is 0. The smallest absolute Gasteiger partial charge is 0.135 e. The third kappa shape index (κ3) is 2.29. The van der Waals surface area contributed by atoms with E-state index >= 15 is 0 Å². The molecule has 3 aromatic heterocycles. The largest absolute Gasteiger partial charge is 0.464 e. The lowest BCUT2D eigenvalue weighted by Gasteiger charge is -2.05. The Morgan fingerprint density at radius 2 is 1.60 bits per heavy atom. The highest BCUT2D eigenvalue weighted by Crippen LogP contribution is 2.36. The standard InChI is InChI=1S/C22H14N2O/c1-2-8-18-15(6-1)11-12-20(24-18)17-14-25-21-10-5-7-16(22(17)21)19-9-3-4-13-23-19/h1-14H. The number of benzene rings is 2. The third-order valence-electron chi connectivity index (χ3n) is 4.41. The highest BCUT2D eigenvalue weighted by atomic mass is 16.3.